The maximum absolute atomic E-state index is 11.2. The molecule has 0 aliphatic heterocycles. The number of hydrogen-bond acceptors (Lipinski definition) is 3. The molecule has 2 N–H and O–H groups in total. The molecule has 194 valence electrons. The van der Waals surface area contributed by atoms with Gasteiger partial charge in [0, 0.05) is 12.0 Å². The lowest BCUT2D eigenvalue weighted by atomic mass is 9.92. The van der Waals surface area contributed by atoms with Crippen LogP contribution in [0.25, 0.3) is 6.08 Å². The van der Waals surface area contributed by atoms with Gasteiger partial charge in [0.05, 0.1) is 12.2 Å². The normalized spacial score (nSPS) is 11.9. The van der Waals surface area contributed by atoms with Crippen molar-refractivity contribution in [1.82, 2.24) is 0 Å². The van der Waals surface area contributed by atoms with Crippen molar-refractivity contribution in [2.75, 3.05) is 6.61 Å². The van der Waals surface area contributed by atoms with Gasteiger partial charge >= 0.3 is 11.9 Å². The highest BCUT2D eigenvalue weighted by Crippen LogP contribution is 2.24. The number of carbonyl (C=O) groups is 2. The molecule has 3 aromatic carbocycles. The molecule has 5 heteroatoms. The summed E-state index contributed by atoms with van der Waals surface area (Å²) in [4.78, 5) is 22.1. The fourth-order valence-corrected chi connectivity index (χ4v) is 4.28. The lowest BCUT2D eigenvalue weighted by Crippen LogP contribution is -2.04. The number of aliphatic carboxylic acids is 1. The summed E-state index contributed by atoms with van der Waals surface area (Å²) < 4.78 is 6.11. The molecule has 3 rings (SSSR count). The zero-order chi connectivity index (χ0) is 26.3. The highest BCUT2D eigenvalue weighted by molar-refractivity contribution is 5.87. The topological polar surface area (TPSA) is 83.8 Å². The highest BCUT2D eigenvalue weighted by Gasteiger charge is 2.10. The van der Waals surface area contributed by atoms with E-state index in [-0.39, 0.29) is 17.9 Å². The standard InChI is InChI=1S/C32H36O5/c33-31(34)16-7-4-13-26(24-27-18-21-29(22-19-27)32(35)36)17-20-28-14-5-6-15-30(28)37-23-9-8-12-25-10-2-1-3-11-25/h1-3,5-6,10-11,14-15,17-22,26H,4,7-9,12-13,16,23-24H2,(H,33,34)(H,35,36)/b20-17+. The Morgan fingerprint density at radius 2 is 1.51 bits per heavy atom. The molecule has 0 saturated carbocycles. The molecule has 1 atom stereocenters. The molecule has 0 aromatic heterocycles. The number of para-hydroxylation sites is 1. The number of rotatable bonds is 16. The summed E-state index contributed by atoms with van der Waals surface area (Å²) >= 11 is 0. The molecule has 5 nitrogen and oxygen atoms in total. The van der Waals surface area contributed by atoms with Gasteiger partial charge in [-0.05, 0) is 73.8 Å². The van der Waals surface area contributed by atoms with Gasteiger partial charge in [0.1, 0.15) is 5.75 Å². The van der Waals surface area contributed by atoms with E-state index in [4.69, 9.17) is 14.9 Å². The first-order chi connectivity index (χ1) is 18.0. The van der Waals surface area contributed by atoms with Crippen LogP contribution in [0, 0.1) is 5.92 Å². The number of carboxylic acid groups (broad SMARTS) is 2. The predicted octanol–water partition coefficient (Wildman–Crippen LogP) is 7.30. The van der Waals surface area contributed by atoms with E-state index in [2.05, 4.69) is 36.4 Å². The third kappa shape index (κ3) is 10.3. The van der Waals surface area contributed by atoms with Crippen molar-refractivity contribution in [2.45, 2.75) is 51.4 Å². The van der Waals surface area contributed by atoms with Crippen LogP contribution in [0.15, 0.2) is 84.9 Å². The zero-order valence-corrected chi connectivity index (χ0v) is 21.2. The van der Waals surface area contributed by atoms with Gasteiger partial charge in [-0.1, -0.05) is 79.2 Å². The minimum atomic E-state index is -0.937. The van der Waals surface area contributed by atoms with Gasteiger partial charge in [-0.3, -0.25) is 4.79 Å². The summed E-state index contributed by atoms with van der Waals surface area (Å²) in [6.45, 7) is 0.659. The summed E-state index contributed by atoms with van der Waals surface area (Å²) in [6.07, 6.45) is 10.6. The monoisotopic (exact) mass is 500 g/mol. The average molecular weight is 501 g/mol. The lowest BCUT2D eigenvalue weighted by molar-refractivity contribution is -0.137. The van der Waals surface area contributed by atoms with E-state index in [9.17, 15) is 9.59 Å². The summed E-state index contributed by atoms with van der Waals surface area (Å²) in [5.41, 5.74) is 3.69. The Morgan fingerprint density at radius 3 is 2.24 bits per heavy atom. The molecule has 0 aliphatic rings. The zero-order valence-electron chi connectivity index (χ0n) is 21.2. The molecule has 0 fully saturated rings. The molecule has 0 aliphatic carbocycles. The van der Waals surface area contributed by atoms with Crippen LogP contribution in [-0.2, 0) is 17.6 Å². The van der Waals surface area contributed by atoms with Crippen LogP contribution in [0.3, 0.4) is 0 Å². The molecule has 0 heterocycles. The fourth-order valence-electron chi connectivity index (χ4n) is 4.28. The molecule has 0 radical (unpaired) electrons. The van der Waals surface area contributed by atoms with Crippen LogP contribution < -0.4 is 4.74 Å². The maximum atomic E-state index is 11.2. The van der Waals surface area contributed by atoms with Crippen LogP contribution in [-0.4, -0.2) is 28.8 Å². The molecular weight excluding hydrogens is 464 g/mol. The SMILES string of the molecule is O=C(O)CCCCC(/C=C/c1ccccc1OCCCCc1ccccc1)Cc1ccc(C(=O)O)cc1. The van der Waals surface area contributed by atoms with Gasteiger partial charge in [-0.15, -0.1) is 0 Å². The summed E-state index contributed by atoms with van der Waals surface area (Å²) in [5, 5.41) is 18.1. The molecule has 0 bridgehead atoms. The molecule has 37 heavy (non-hydrogen) atoms. The van der Waals surface area contributed by atoms with E-state index < -0.39 is 11.9 Å². The number of allylic oxidation sites excluding steroid dienone is 1. The highest BCUT2D eigenvalue weighted by atomic mass is 16.5. The molecule has 0 spiro atoms. The molecule has 3 aromatic rings. The van der Waals surface area contributed by atoms with Crippen molar-refractivity contribution >= 4 is 18.0 Å². The first-order valence-corrected chi connectivity index (χ1v) is 13.0. The summed E-state index contributed by atoms with van der Waals surface area (Å²) in [7, 11) is 0. The number of carboxylic acids is 2. The minimum absolute atomic E-state index is 0.171. The Bertz CT molecular complexity index is 1140. The second-order valence-corrected chi connectivity index (χ2v) is 9.29. The van der Waals surface area contributed by atoms with Crippen LogP contribution >= 0.6 is 0 Å². The number of aryl methyl sites for hydroxylation is 1. The van der Waals surface area contributed by atoms with E-state index in [0.717, 1.165) is 55.4 Å². The van der Waals surface area contributed by atoms with Crippen molar-refractivity contribution < 1.29 is 24.5 Å². The second kappa shape index (κ2) is 15.3. The van der Waals surface area contributed by atoms with Crippen LogP contribution in [0.1, 0.15) is 65.6 Å². The van der Waals surface area contributed by atoms with Crippen molar-refractivity contribution in [3.63, 3.8) is 0 Å². The van der Waals surface area contributed by atoms with Crippen molar-refractivity contribution in [2.24, 2.45) is 5.92 Å². The Balaban J connectivity index is 1.59. The number of hydrogen-bond donors (Lipinski definition) is 2. The average Bonchev–Trinajstić information content (AvgIpc) is 2.90. The minimum Gasteiger partial charge on any atom is -0.493 e. The van der Waals surface area contributed by atoms with E-state index in [1.165, 1.54) is 5.56 Å². The first-order valence-electron chi connectivity index (χ1n) is 13.0. The van der Waals surface area contributed by atoms with E-state index >= 15 is 0 Å². The van der Waals surface area contributed by atoms with Gasteiger partial charge in [0.25, 0.3) is 0 Å². The second-order valence-electron chi connectivity index (χ2n) is 9.29. The number of unbranched alkanes of at least 4 members (excludes halogenated alkanes) is 2. The Labute approximate surface area is 219 Å². The largest absolute Gasteiger partial charge is 0.493 e. The van der Waals surface area contributed by atoms with Gasteiger partial charge in [0.15, 0.2) is 0 Å². The third-order valence-electron chi connectivity index (χ3n) is 6.34. The number of benzene rings is 3. The van der Waals surface area contributed by atoms with Gasteiger partial charge in [-0.25, -0.2) is 4.79 Å². The molecule has 1 unspecified atom stereocenters. The first kappa shape index (κ1) is 27.7. The van der Waals surface area contributed by atoms with E-state index in [1.807, 2.05) is 42.5 Å². The smallest absolute Gasteiger partial charge is 0.335 e. The fraction of sp³-hybridized carbons (Fsp3) is 0.312. The Kier molecular flexibility index (Phi) is 11.5. The quantitative estimate of drug-likeness (QED) is 0.202. The number of aromatic carboxylic acids is 1. The van der Waals surface area contributed by atoms with Crippen LogP contribution in [0.5, 0.6) is 5.75 Å². The molecule has 0 saturated heterocycles. The van der Waals surface area contributed by atoms with E-state index in [1.54, 1.807) is 12.1 Å². The van der Waals surface area contributed by atoms with Crippen molar-refractivity contribution in [3.8, 4) is 5.75 Å². The summed E-state index contributed by atoms with van der Waals surface area (Å²) in [6, 6.07) is 25.4. The van der Waals surface area contributed by atoms with Gasteiger partial charge in [-0.2, -0.15) is 0 Å². The predicted molar refractivity (Wildman–Crippen MR) is 147 cm³/mol. The van der Waals surface area contributed by atoms with E-state index in [0.29, 0.717) is 13.0 Å². The van der Waals surface area contributed by atoms with Gasteiger partial charge in [0.2, 0.25) is 0 Å². The van der Waals surface area contributed by atoms with Gasteiger partial charge < -0.3 is 14.9 Å². The lowest BCUT2D eigenvalue weighted by Gasteiger charge is -2.14. The molecule has 0 amide bonds. The Hall–Kier alpha value is -3.86. The third-order valence-corrected chi connectivity index (χ3v) is 6.34. The maximum Gasteiger partial charge on any atom is 0.335 e. The van der Waals surface area contributed by atoms with Crippen LogP contribution in [0.4, 0.5) is 0 Å². The van der Waals surface area contributed by atoms with Crippen LogP contribution in [0.2, 0.25) is 0 Å². The number of ether oxygens (including phenoxy) is 1. The molecular formula is C32H36O5. The van der Waals surface area contributed by atoms with Crippen molar-refractivity contribution in [1.29, 1.82) is 0 Å². The summed E-state index contributed by atoms with van der Waals surface area (Å²) in [5.74, 6) is -0.656. The Morgan fingerprint density at radius 1 is 0.784 bits per heavy atom. The van der Waals surface area contributed by atoms with Crippen molar-refractivity contribution in [3.05, 3.63) is 107 Å².